The lowest BCUT2D eigenvalue weighted by atomic mass is 10.1. The van der Waals surface area contributed by atoms with Crippen molar-refractivity contribution >= 4 is 5.91 Å². The Labute approximate surface area is 122 Å². The highest BCUT2D eigenvalue weighted by molar-refractivity contribution is 5.78. The highest BCUT2D eigenvalue weighted by atomic mass is 19.1. The van der Waals surface area contributed by atoms with Crippen molar-refractivity contribution in [1.29, 1.82) is 0 Å². The number of carbonyl (C=O) groups is 1. The van der Waals surface area contributed by atoms with Crippen LogP contribution >= 0.6 is 0 Å². The second-order valence-corrected chi connectivity index (χ2v) is 4.46. The Morgan fingerprint density at radius 3 is 2.62 bits per heavy atom. The minimum absolute atomic E-state index is 0.213. The minimum Gasteiger partial charge on any atom is -0.484 e. The molecule has 0 saturated carbocycles. The van der Waals surface area contributed by atoms with Crippen LogP contribution in [0.3, 0.4) is 0 Å². The number of carbonyl (C=O) groups excluding carboxylic acids is 1. The maximum Gasteiger partial charge on any atom is 0.258 e. The summed E-state index contributed by atoms with van der Waals surface area (Å²) in [5.41, 5.74) is 0.805. The van der Waals surface area contributed by atoms with Crippen LogP contribution in [0, 0.1) is 5.82 Å². The topological polar surface area (TPSA) is 58.6 Å². The number of hydrogen-bond donors (Lipinski definition) is 2. The summed E-state index contributed by atoms with van der Waals surface area (Å²) in [4.78, 5) is 11.8. The summed E-state index contributed by atoms with van der Waals surface area (Å²) >= 11 is 0. The van der Waals surface area contributed by atoms with Crippen LogP contribution in [0.2, 0.25) is 0 Å². The fourth-order valence-electron chi connectivity index (χ4n) is 1.86. The van der Waals surface area contributed by atoms with E-state index in [-0.39, 0.29) is 24.9 Å². The van der Waals surface area contributed by atoms with Gasteiger partial charge in [0, 0.05) is 6.07 Å². The Bertz CT molecular complexity index is 589. The van der Waals surface area contributed by atoms with Crippen molar-refractivity contribution in [2.24, 2.45) is 0 Å². The summed E-state index contributed by atoms with van der Waals surface area (Å²) in [5, 5.41) is 12.0. The second kappa shape index (κ2) is 7.40. The van der Waals surface area contributed by atoms with E-state index < -0.39 is 11.9 Å². The molecule has 1 atom stereocenters. The van der Waals surface area contributed by atoms with E-state index >= 15 is 0 Å². The molecule has 0 spiro atoms. The monoisotopic (exact) mass is 289 g/mol. The maximum atomic E-state index is 13.0. The van der Waals surface area contributed by atoms with Gasteiger partial charge in [-0.3, -0.25) is 4.79 Å². The predicted molar refractivity (Wildman–Crippen MR) is 76.3 cm³/mol. The van der Waals surface area contributed by atoms with E-state index in [0.717, 1.165) is 5.56 Å². The summed E-state index contributed by atoms with van der Waals surface area (Å²) in [5.74, 6) is -0.530. The van der Waals surface area contributed by atoms with Gasteiger partial charge >= 0.3 is 0 Å². The van der Waals surface area contributed by atoms with Crippen molar-refractivity contribution in [3.05, 3.63) is 66.0 Å². The third-order valence-electron chi connectivity index (χ3n) is 2.89. The van der Waals surface area contributed by atoms with Gasteiger partial charge in [-0.05, 0) is 17.7 Å². The number of hydrogen-bond acceptors (Lipinski definition) is 3. The number of aliphatic hydroxyl groups is 1. The number of halogens is 1. The average molecular weight is 289 g/mol. The van der Waals surface area contributed by atoms with E-state index in [0.29, 0.717) is 0 Å². The summed E-state index contributed by atoms with van der Waals surface area (Å²) in [6.45, 7) is -0.456. The van der Waals surface area contributed by atoms with E-state index in [4.69, 9.17) is 4.74 Å². The van der Waals surface area contributed by atoms with Crippen LogP contribution < -0.4 is 10.1 Å². The first-order valence-corrected chi connectivity index (χ1v) is 6.52. The molecule has 110 valence electrons. The minimum atomic E-state index is -0.491. The summed E-state index contributed by atoms with van der Waals surface area (Å²) in [6, 6.07) is 14.2. The third kappa shape index (κ3) is 4.57. The molecule has 21 heavy (non-hydrogen) atoms. The fourth-order valence-corrected chi connectivity index (χ4v) is 1.86. The molecule has 0 aliphatic carbocycles. The summed E-state index contributed by atoms with van der Waals surface area (Å²) in [7, 11) is 0. The van der Waals surface area contributed by atoms with Gasteiger partial charge < -0.3 is 15.2 Å². The quantitative estimate of drug-likeness (QED) is 0.855. The van der Waals surface area contributed by atoms with Crippen molar-refractivity contribution in [3.8, 4) is 5.75 Å². The molecule has 0 aromatic heterocycles. The lowest BCUT2D eigenvalue weighted by Crippen LogP contribution is -2.34. The third-order valence-corrected chi connectivity index (χ3v) is 2.89. The molecule has 0 aliphatic heterocycles. The highest BCUT2D eigenvalue weighted by Gasteiger charge is 2.13. The molecule has 2 aromatic rings. The number of rotatable bonds is 6. The number of aliphatic hydroxyl groups excluding tert-OH is 1. The van der Waals surface area contributed by atoms with Crippen LogP contribution in [0.5, 0.6) is 5.75 Å². The van der Waals surface area contributed by atoms with Gasteiger partial charge in [-0.25, -0.2) is 4.39 Å². The molecule has 0 bridgehead atoms. The van der Waals surface area contributed by atoms with E-state index in [1.54, 1.807) is 6.07 Å². The predicted octanol–water partition coefficient (Wildman–Crippen LogP) is 2.05. The van der Waals surface area contributed by atoms with Gasteiger partial charge in [-0.15, -0.1) is 0 Å². The summed E-state index contributed by atoms with van der Waals surface area (Å²) in [6.07, 6.45) is 0. The molecule has 5 heteroatoms. The summed E-state index contributed by atoms with van der Waals surface area (Å²) < 4.78 is 18.2. The molecule has 1 amide bonds. The Morgan fingerprint density at radius 1 is 1.19 bits per heavy atom. The van der Waals surface area contributed by atoms with Crippen LogP contribution in [0.25, 0.3) is 0 Å². The molecule has 2 aromatic carbocycles. The number of ether oxygens (including phenoxy) is 1. The SMILES string of the molecule is O=C(COc1cccc(F)c1)N[C@H](CO)c1ccccc1. The zero-order valence-electron chi connectivity index (χ0n) is 11.3. The Hall–Kier alpha value is -2.40. The van der Waals surface area contributed by atoms with Crippen LogP contribution in [0.4, 0.5) is 4.39 Å². The molecule has 0 unspecified atom stereocenters. The molecular formula is C16H16FNO3. The van der Waals surface area contributed by atoms with Crippen molar-refractivity contribution in [2.75, 3.05) is 13.2 Å². The van der Waals surface area contributed by atoms with Gasteiger partial charge in [0.15, 0.2) is 6.61 Å². The van der Waals surface area contributed by atoms with Crippen LogP contribution in [-0.4, -0.2) is 24.2 Å². The fraction of sp³-hybridized carbons (Fsp3) is 0.188. The van der Waals surface area contributed by atoms with Gasteiger partial charge in [0.1, 0.15) is 11.6 Å². The highest BCUT2D eigenvalue weighted by Crippen LogP contribution is 2.13. The van der Waals surface area contributed by atoms with Gasteiger partial charge in [0.2, 0.25) is 0 Å². The first kappa shape index (κ1) is 15.0. The van der Waals surface area contributed by atoms with Gasteiger partial charge in [0.05, 0.1) is 12.6 Å². The van der Waals surface area contributed by atoms with Crippen LogP contribution in [0.15, 0.2) is 54.6 Å². The standard InChI is InChI=1S/C16H16FNO3/c17-13-7-4-8-14(9-13)21-11-16(20)18-15(10-19)12-5-2-1-3-6-12/h1-9,15,19H,10-11H2,(H,18,20)/t15-/m1/s1. The molecular weight excluding hydrogens is 273 g/mol. The molecule has 2 N–H and O–H groups in total. The smallest absolute Gasteiger partial charge is 0.258 e. The van der Waals surface area contributed by atoms with E-state index in [9.17, 15) is 14.3 Å². The van der Waals surface area contributed by atoms with E-state index in [2.05, 4.69) is 5.32 Å². The van der Waals surface area contributed by atoms with Gasteiger partial charge in [-0.1, -0.05) is 36.4 Å². The van der Waals surface area contributed by atoms with Crippen LogP contribution in [0.1, 0.15) is 11.6 Å². The van der Waals surface area contributed by atoms with Crippen molar-refractivity contribution in [1.82, 2.24) is 5.32 Å². The Balaban J connectivity index is 1.89. The lowest BCUT2D eigenvalue weighted by molar-refractivity contribution is -0.124. The number of benzene rings is 2. The largest absolute Gasteiger partial charge is 0.484 e. The Kier molecular flexibility index (Phi) is 5.29. The lowest BCUT2D eigenvalue weighted by Gasteiger charge is -2.16. The molecule has 0 aliphatic rings. The zero-order valence-corrected chi connectivity index (χ0v) is 11.3. The second-order valence-electron chi connectivity index (χ2n) is 4.46. The van der Waals surface area contributed by atoms with E-state index in [1.165, 1.54) is 18.2 Å². The van der Waals surface area contributed by atoms with Crippen molar-refractivity contribution < 1.29 is 19.0 Å². The Morgan fingerprint density at radius 2 is 1.95 bits per heavy atom. The van der Waals surface area contributed by atoms with Crippen molar-refractivity contribution in [2.45, 2.75) is 6.04 Å². The van der Waals surface area contributed by atoms with E-state index in [1.807, 2.05) is 30.3 Å². The molecule has 0 heterocycles. The van der Waals surface area contributed by atoms with Crippen LogP contribution in [-0.2, 0) is 4.79 Å². The zero-order chi connectivity index (χ0) is 15.1. The molecule has 0 saturated heterocycles. The number of amides is 1. The maximum absolute atomic E-state index is 13.0. The first-order valence-electron chi connectivity index (χ1n) is 6.52. The molecule has 2 rings (SSSR count). The van der Waals surface area contributed by atoms with Crippen molar-refractivity contribution in [3.63, 3.8) is 0 Å². The average Bonchev–Trinajstić information content (AvgIpc) is 2.51. The molecule has 0 radical (unpaired) electrons. The first-order chi connectivity index (χ1) is 10.2. The molecule has 0 fully saturated rings. The number of nitrogens with one attached hydrogen (secondary N) is 1. The van der Waals surface area contributed by atoms with Gasteiger partial charge in [0.25, 0.3) is 5.91 Å². The van der Waals surface area contributed by atoms with Gasteiger partial charge in [-0.2, -0.15) is 0 Å². The normalized spacial score (nSPS) is 11.7. The molecule has 4 nitrogen and oxygen atoms in total.